The van der Waals surface area contributed by atoms with Crippen LogP contribution in [0.3, 0.4) is 0 Å². The molecule has 1 saturated carbocycles. The Morgan fingerprint density at radius 1 is 1.38 bits per heavy atom. The third kappa shape index (κ3) is 4.16. The highest BCUT2D eigenvalue weighted by Crippen LogP contribution is 2.25. The number of nitrogens with one attached hydrogen (secondary N) is 1. The molecule has 1 aromatic heterocycles. The number of ether oxygens (including phenoxy) is 1. The molecule has 2 unspecified atom stereocenters. The average Bonchev–Trinajstić information content (AvgIpc) is 2.64. The monoisotopic (exact) mass is 291 g/mol. The number of carbonyl (C=O) groups is 1. The topological polar surface area (TPSA) is 64.1 Å². The van der Waals surface area contributed by atoms with Crippen molar-refractivity contribution in [3.05, 3.63) is 17.5 Å². The Bertz CT molecular complexity index is 490. The zero-order chi connectivity index (χ0) is 15.2. The highest BCUT2D eigenvalue weighted by atomic mass is 16.5. The minimum Gasteiger partial charge on any atom is -0.462 e. The fraction of sp³-hybridized carbons (Fsp3) is 0.688. The first-order valence-electron chi connectivity index (χ1n) is 7.89. The van der Waals surface area contributed by atoms with Crippen LogP contribution in [-0.4, -0.2) is 28.6 Å². The van der Waals surface area contributed by atoms with E-state index in [2.05, 4.69) is 22.2 Å². The van der Waals surface area contributed by atoms with Gasteiger partial charge in [0.1, 0.15) is 0 Å². The van der Waals surface area contributed by atoms with Crippen molar-refractivity contribution in [2.24, 2.45) is 5.92 Å². The molecule has 1 aliphatic carbocycles. The summed E-state index contributed by atoms with van der Waals surface area (Å²) < 4.78 is 4.99. The summed E-state index contributed by atoms with van der Waals surface area (Å²) in [6, 6.07) is 0.417. The Balaban J connectivity index is 2.07. The van der Waals surface area contributed by atoms with Gasteiger partial charge in [0.2, 0.25) is 5.95 Å². The van der Waals surface area contributed by atoms with E-state index < -0.39 is 0 Å². The first-order chi connectivity index (χ1) is 10.1. The molecule has 1 fully saturated rings. The number of anilines is 1. The molecule has 1 N–H and O–H groups in total. The van der Waals surface area contributed by atoms with E-state index in [0.717, 1.165) is 6.42 Å². The van der Waals surface area contributed by atoms with Gasteiger partial charge in [0.05, 0.1) is 17.9 Å². The van der Waals surface area contributed by atoms with Gasteiger partial charge in [-0.1, -0.05) is 26.2 Å². The number of aromatic nitrogens is 2. The standard InChI is InChI=1S/C16H25N3O2/c1-4-21-15(20)13-10-17-16(18-12(13)3)19-14-9-7-5-6-8-11(14)2/h10-11,14H,4-9H2,1-3H3,(H,17,18,19). The maximum Gasteiger partial charge on any atom is 0.341 e. The van der Waals surface area contributed by atoms with Crippen LogP contribution >= 0.6 is 0 Å². The lowest BCUT2D eigenvalue weighted by atomic mass is 9.97. The second-order valence-electron chi connectivity index (χ2n) is 5.78. The quantitative estimate of drug-likeness (QED) is 0.681. The second kappa shape index (κ2) is 7.38. The highest BCUT2D eigenvalue weighted by Gasteiger charge is 2.21. The molecule has 0 bridgehead atoms. The fourth-order valence-corrected chi connectivity index (χ4v) is 2.82. The number of nitrogens with zero attached hydrogens (tertiary/aromatic N) is 2. The van der Waals surface area contributed by atoms with Crippen molar-refractivity contribution in [1.82, 2.24) is 9.97 Å². The molecule has 116 valence electrons. The van der Waals surface area contributed by atoms with Crippen LogP contribution in [0.1, 0.15) is 62.0 Å². The summed E-state index contributed by atoms with van der Waals surface area (Å²) in [6.07, 6.45) is 7.83. The summed E-state index contributed by atoms with van der Waals surface area (Å²) in [5, 5.41) is 3.44. The number of rotatable bonds is 4. The number of aryl methyl sites for hydroxylation is 1. The van der Waals surface area contributed by atoms with Crippen LogP contribution in [0.2, 0.25) is 0 Å². The van der Waals surface area contributed by atoms with Gasteiger partial charge in [-0.25, -0.2) is 14.8 Å². The van der Waals surface area contributed by atoms with Crippen molar-refractivity contribution in [3.8, 4) is 0 Å². The van der Waals surface area contributed by atoms with Gasteiger partial charge in [-0.05, 0) is 32.6 Å². The van der Waals surface area contributed by atoms with Gasteiger partial charge in [-0.3, -0.25) is 0 Å². The van der Waals surface area contributed by atoms with Crippen LogP contribution in [-0.2, 0) is 4.74 Å². The summed E-state index contributed by atoms with van der Waals surface area (Å²) in [4.78, 5) is 20.4. The Morgan fingerprint density at radius 3 is 2.86 bits per heavy atom. The van der Waals surface area contributed by atoms with Crippen LogP contribution in [0, 0.1) is 12.8 Å². The number of hydrogen-bond acceptors (Lipinski definition) is 5. The molecule has 0 amide bonds. The summed E-state index contributed by atoms with van der Waals surface area (Å²) in [5.74, 6) is 0.879. The summed E-state index contributed by atoms with van der Waals surface area (Å²) in [7, 11) is 0. The Hall–Kier alpha value is -1.65. The van der Waals surface area contributed by atoms with Crippen molar-refractivity contribution >= 4 is 11.9 Å². The molecule has 5 heteroatoms. The van der Waals surface area contributed by atoms with Crippen LogP contribution in [0.25, 0.3) is 0 Å². The van der Waals surface area contributed by atoms with Gasteiger partial charge in [0.15, 0.2) is 0 Å². The second-order valence-corrected chi connectivity index (χ2v) is 5.78. The molecule has 0 radical (unpaired) electrons. The first kappa shape index (κ1) is 15.7. The third-order valence-corrected chi connectivity index (χ3v) is 4.15. The third-order valence-electron chi connectivity index (χ3n) is 4.15. The van der Waals surface area contributed by atoms with E-state index in [0.29, 0.717) is 35.8 Å². The van der Waals surface area contributed by atoms with Gasteiger partial charge in [0, 0.05) is 12.2 Å². The first-order valence-corrected chi connectivity index (χ1v) is 7.89. The number of esters is 1. The predicted octanol–water partition coefficient (Wildman–Crippen LogP) is 3.34. The molecule has 1 aromatic rings. The maximum atomic E-state index is 11.7. The molecule has 1 heterocycles. The van der Waals surface area contributed by atoms with E-state index in [4.69, 9.17) is 4.74 Å². The lowest BCUT2D eigenvalue weighted by Crippen LogP contribution is -2.27. The molecule has 21 heavy (non-hydrogen) atoms. The molecule has 0 aliphatic heterocycles. The van der Waals surface area contributed by atoms with Gasteiger partial charge in [-0.2, -0.15) is 0 Å². The van der Waals surface area contributed by atoms with E-state index in [1.54, 1.807) is 13.1 Å². The van der Waals surface area contributed by atoms with Gasteiger partial charge < -0.3 is 10.1 Å². The molecule has 2 atom stereocenters. The lowest BCUT2D eigenvalue weighted by Gasteiger charge is -2.23. The maximum absolute atomic E-state index is 11.7. The Kier molecular flexibility index (Phi) is 5.53. The molecule has 0 aromatic carbocycles. The predicted molar refractivity (Wildman–Crippen MR) is 82.4 cm³/mol. The van der Waals surface area contributed by atoms with Crippen LogP contribution in [0.4, 0.5) is 5.95 Å². The molecule has 0 saturated heterocycles. The Labute approximate surface area is 126 Å². The van der Waals surface area contributed by atoms with Crippen molar-refractivity contribution in [1.29, 1.82) is 0 Å². The van der Waals surface area contributed by atoms with Gasteiger partial charge in [-0.15, -0.1) is 0 Å². The van der Waals surface area contributed by atoms with E-state index >= 15 is 0 Å². The van der Waals surface area contributed by atoms with Crippen LogP contribution in [0.5, 0.6) is 0 Å². The lowest BCUT2D eigenvalue weighted by molar-refractivity contribution is 0.0524. The average molecular weight is 291 g/mol. The fourth-order valence-electron chi connectivity index (χ4n) is 2.82. The highest BCUT2D eigenvalue weighted by molar-refractivity contribution is 5.90. The van der Waals surface area contributed by atoms with E-state index in [1.165, 1.54) is 25.7 Å². The smallest absolute Gasteiger partial charge is 0.341 e. The van der Waals surface area contributed by atoms with Gasteiger partial charge >= 0.3 is 5.97 Å². The largest absolute Gasteiger partial charge is 0.462 e. The SMILES string of the molecule is CCOC(=O)c1cnc(NC2CCCCCC2C)nc1C. The molecule has 5 nitrogen and oxygen atoms in total. The van der Waals surface area contributed by atoms with Crippen LogP contribution in [0.15, 0.2) is 6.20 Å². The van der Waals surface area contributed by atoms with E-state index in [-0.39, 0.29) is 5.97 Å². The van der Waals surface area contributed by atoms with E-state index in [1.807, 2.05) is 6.92 Å². The molecule has 0 spiro atoms. The molecule has 1 aliphatic rings. The summed E-state index contributed by atoms with van der Waals surface area (Å²) >= 11 is 0. The van der Waals surface area contributed by atoms with E-state index in [9.17, 15) is 4.79 Å². The number of hydrogen-bond donors (Lipinski definition) is 1. The molecular formula is C16H25N3O2. The van der Waals surface area contributed by atoms with Crippen molar-refractivity contribution in [2.75, 3.05) is 11.9 Å². The Morgan fingerprint density at radius 2 is 2.14 bits per heavy atom. The summed E-state index contributed by atoms with van der Waals surface area (Å²) in [6.45, 7) is 6.24. The molecular weight excluding hydrogens is 266 g/mol. The van der Waals surface area contributed by atoms with Crippen molar-refractivity contribution < 1.29 is 9.53 Å². The normalized spacial score (nSPS) is 22.4. The van der Waals surface area contributed by atoms with Crippen molar-refractivity contribution in [2.45, 2.75) is 58.9 Å². The van der Waals surface area contributed by atoms with Crippen LogP contribution < -0.4 is 5.32 Å². The van der Waals surface area contributed by atoms with Crippen molar-refractivity contribution in [3.63, 3.8) is 0 Å². The molecule has 2 rings (SSSR count). The zero-order valence-electron chi connectivity index (χ0n) is 13.2. The summed E-state index contributed by atoms with van der Waals surface area (Å²) in [5.41, 5.74) is 1.10. The minimum absolute atomic E-state index is 0.357. The van der Waals surface area contributed by atoms with Gasteiger partial charge in [0.25, 0.3) is 0 Å². The minimum atomic E-state index is -0.357. The zero-order valence-corrected chi connectivity index (χ0v) is 13.2. The number of carbonyl (C=O) groups excluding carboxylic acids is 1.